The number of hydrogen-bond acceptors (Lipinski definition) is 5. The van der Waals surface area contributed by atoms with Crippen LogP contribution in [0.1, 0.15) is 0 Å². The molecule has 0 radical (unpaired) electrons. The topological polar surface area (TPSA) is 63.8 Å². The second-order valence-electron chi connectivity index (χ2n) is 4.07. The summed E-state index contributed by atoms with van der Waals surface area (Å²) in [5, 5.41) is 1.70. The summed E-state index contributed by atoms with van der Waals surface area (Å²) < 4.78 is 12.9. The highest BCUT2D eigenvalue weighted by Gasteiger charge is 2.08. The number of para-hydroxylation sites is 1. The van der Waals surface area contributed by atoms with Crippen LogP contribution in [0.15, 0.2) is 58.5 Å². The molecule has 0 amide bonds. The van der Waals surface area contributed by atoms with Crippen molar-refractivity contribution in [3.8, 4) is 0 Å². The molecule has 4 nitrogen and oxygen atoms in total. The van der Waals surface area contributed by atoms with Gasteiger partial charge in [-0.2, -0.15) is 0 Å². The van der Waals surface area contributed by atoms with E-state index in [1.807, 2.05) is 24.3 Å². The van der Waals surface area contributed by atoms with Crippen molar-refractivity contribution in [1.82, 2.24) is 9.97 Å². The molecular weight excluding hydrogens is 275 g/mol. The lowest BCUT2D eigenvalue weighted by atomic mass is 10.2. The van der Waals surface area contributed by atoms with Crippen molar-refractivity contribution in [3.05, 3.63) is 54.3 Å². The third-order valence-electron chi connectivity index (χ3n) is 2.73. The lowest BCUT2D eigenvalue weighted by Gasteiger charge is -2.07. The van der Waals surface area contributed by atoms with Gasteiger partial charge in [-0.15, -0.1) is 0 Å². The number of hydrogen-bond donors (Lipinski definition) is 2. The average molecular weight is 286 g/mol. The van der Waals surface area contributed by atoms with Gasteiger partial charge < -0.3 is 0 Å². The fraction of sp³-hybridized carbons (Fsp3) is 0. The summed E-state index contributed by atoms with van der Waals surface area (Å²) in [5.74, 6) is 5.49. The van der Waals surface area contributed by atoms with E-state index in [-0.39, 0.29) is 5.82 Å². The largest absolute Gasteiger partial charge is 0.292 e. The summed E-state index contributed by atoms with van der Waals surface area (Å²) >= 11 is 1.44. The summed E-state index contributed by atoms with van der Waals surface area (Å²) in [4.78, 5) is 9.55. The van der Waals surface area contributed by atoms with Gasteiger partial charge in [-0.1, -0.05) is 30.0 Å². The second-order valence-corrected chi connectivity index (χ2v) is 5.13. The van der Waals surface area contributed by atoms with Gasteiger partial charge in [0.1, 0.15) is 10.8 Å². The van der Waals surface area contributed by atoms with Crippen LogP contribution in [0.25, 0.3) is 10.9 Å². The molecule has 0 spiro atoms. The van der Waals surface area contributed by atoms with Gasteiger partial charge >= 0.3 is 0 Å². The monoisotopic (exact) mass is 286 g/mol. The van der Waals surface area contributed by atoms with Crippen LogP contribution in [0.2, 0.25) is 0 Å². The normalized spacial score (nSPS) is 10.7. The lowest BCUT2D eigenvalue weighted by molar-refractivity contribution is 0.626. The summed E-state index contributed by atoms with van der Waals surface area (Å²) in [6.45, 7) is 0. The highest BCUT2D eigenvalue weighted by molar-refractivity contribution is 7.99. The van der Waals surface area contributed by atoms with E-state index in [0.29, 0.717) is 5.95 Å². The first-order chi connectivity index (χ1) is 9.76. The maximum absolute atomic E-state index is 12.9. The Hall–Kier alpha value is -2.18. The van der Waals surface area contributed by atoms with Crippen LogP contribution in [0.3, 0.4) is 0 Å². The summed E-state index contributed by atoms with van der Waals surface area (Å²) in [5.41, 5.74) is 3.26. The summed E-state index contributed by atoms with van der Waals surface area (Å²) in [6.07, 6.45) is 0. The molecule has 100 valence electrons. The van der Waals surface area contributed by atoms with Crippen molar-refractivity contribution >= 4 is 28.6 Å². The van der Waals surface area contributed by atoms with Gasteiger partial charge in [0.05, 0.1) is 5.52 Å². The molecule has 0 aliphatic carbocycles. The van der Waals surface area contributed by atoms with Gasteiger partial charge in [0.25, 0.3) is 0 Å². The Morgan fingerprint density at radius 2 is 1.75 bits per heavy atom. The Morgan fingerprint density at radius 3 is 2.50 bits per heavy atom. The number of nitrogens with one attached hydrogen (secondary N) is 1. The van der Waals surface area contributed by atoms with Gasteiger partial charge in [0.2, 0.25) is 5.95 Å². The van der Waals surface area contributed by atoms with Gasteiger partial charge in [-0.25, -0.2) is 20.2 Å². The first-order valence-corrected chi connectivity index (χ1v) is 6.75. The molecule has 0 aliphatic rings. The number of nitrogens with zero attached hydrogens (tertiary/aromatic N) is 2. The maximum atomic E-state index is 12.9. The molecule has 3 rings (SSSR count). The van der Waals surface area contributed by atoms with E-state index in [4.69, 9.17) is 5.84 Å². The molecule has 6 heteroatoms. The minimum atomic E-state index is -0.258. The lowest BCUT2D eigenvalue weighted by Crippen LogP contribution is -2.10. The third kappa shape index (κ3) is 2.56. The Morgan fingerprint density at radius 1 is 1.00 bits per heavy atom. The fourth-order valence-corrected chi connectivity index (χ4v) is 2.71. The van der Waals surface area contributed by atoms with Gasteiger partial charge in [-0.05, 0) is 30.3 Å². The van der Waals surface area contributed by atoms with Crippen molar-refractivity contribution in [2.45, 2.75) is 9.92 Å². The smallest absolute Gasteiger partial charge is 0.238 e. The summed E-state index contributed by atoms with van der Waals surface area (Å²) in [6, 6.07) is 14.0. The molecule has 0 saturated heterocycles. The van der Waals surface area contributed by atoms with Crippen molar-refractivity contribution in [3.63, 3.8) is 0 Å². The number of anilines is 1. The van der Waals surface area contributed by atoms with E-state index in [9.17, 15) is 4.39 Å². The van der Waals surface area contributed by atoms with Crippen LogP contribution < -0.4 is 11.3 Å². The molecule has 1 heterocycles. The van der Waals surface area contributed by atoms with Crippen LogP contribution in [-0.4, -0.2) is 9.97 Å². The van der Waals surface area contributed by atoms with Crippen molar-refractivity contribution < 1.29 is 4.39 Å². The Kier molecular flexibility index (Phi) is 3.49. The van der Waals surface area contributed by atoms with E-state index >= 15 is 0 Å². The summed E-state index contributed by atoms with van der Waals surface area (Å²) in [7, 11) is 0. The van der Waals surface area contributed by atoms with Gasteiger partial charge in [0.15, 0.2) is 0 Å². The molecule has 3 N–H and O–H groups in total. The number of nitrogen functional groups attached to an aromatic ring is 1. The van der Waals surface area contributed by atoms with E-state index in [1.54, 1.807) is 12.1 Å². The maximum Gasteiger partial charge on any atom is 0.238 e. The van der Waals surface area contributed by atoms with Crippen LogP contribution in [0, 0.1) is 5.82 Å². The number of nitrogens with two attached hydrogens (primary N) is 1. The average Bonchev–Trinajstić information content (AvgIpc) is 2.49. The van der Waals surface area contributed by atoms with Crippen molar-refractivity contribution in [2.24, 2.45) is 5.84 Å². The van der Waals surface area contributed by atoms with Crippen molar-refractivity contribution in [1.29, 1.82) is 0 Å². The Bertz CT molecular complexity index is 746. The zero-order valence-corrected chi connectivity index (χ0v) is 11.2. The highest BCUT2D eigenvalue weighted by atomic mass is 32.2. The quantitative estimate of drug-likeness (QED) is 0.440. The molecule has 0 unspecified atom stereocenters. The van der Waals surface area contributed by atoms with Crippen LogP contribution in [0.5, 0.6) is 0 Å². The molecule has 1 aromatic heterocycles. The molecule has 2 aromatic carbocycles. The number of hydrazine groups is 1. The number of benzene rings is 2. The predicted octanol–water partition coefficient (Wildman–Crippen LogP) is 3.21. The molecule has 0 atom stereocenters. The standard InChI is InChI=1S/C14H11FN4S/c15-9-5-7-10(8-6-9)20-13-11-3-1-2-4-12(11)17-14(18-13)19-16/h1-8H,16H2,(H,17,18,19). The molecular formula is C14H11FN4S. The SMILES string of the molecule is NNc1nc(Sc2ccc(F)cc2)c2ccccc2n1. The highest BCUT2D eigenvalue weighted by Crippen LogP contribution is 2.32. The first kappa shape index (κ1) is 12.8. The molecule has 0 saturated carbocycles. The molecule has 0 bridgehead atoms. The van der Waals surface area contributed by atoms with E-state index in [1.165, 1.54) is 23.9 Å². The van der Waals surface area contributed by atoms with E-state index in [0.717, 1.165) is 20.8 Å². The molecule has 3 aromatic rings. The Labute approximate surface area is 119 Å². The number of halogens is 1. The molecule has 20 heavy (non-hydrogen) atoms. The zero-order valence-electron chi connectivity index (χ0n) is 10.4. The van der Waals surface area contributed by atoms with Gasteiger partial charge in [-0.3, -0.25) is 5.43 Å². The number of fused-ring (bicyclic) bond motifs is 1. The molecule has 0 fully saturated rings. The number of rotatable bonds is 3. The molecule has 0 aliphatic heterocycles. The minimum Gasteiger partial charge on any atom is -0.292 e. The van der Waals surface area contributed by atoms with Crippen LogP contribution >= 0.6 is 11.8 Å². The van der Waals surface area contributed by atoms with Gasteiger partial charge in [0, 0.05) is 10.3 Å². The number of aromatic nitrogens is 2. The fourth-order valence-electron chi connectivity index (χ4n) is 1.80. The van der Waals surface area contributed by atoms with Crippen molar-refractivity contribution in [2.75, 3.05) is 5.43 Å². The zero-order chi connectivity index (χ0) is 13.9. The third-order valence-corrected chi connectivity index (χ3v) is 3.74. The van der Waals surface area contributed by atoms with E-state index < -0.39 is 0 Å². The Balaban J connectivity index is 2.07. The first-order valence-electron chi connectivity index (χ1n) is 5.93. The minimum absolute atomic E-state index is 0.258. The second kappa shape index (κ2) is 5.44. The van der Waals surface area contributed by atoms with Crippen LogP contribution in [0.4, 0.5) is 10.3 Å². The van der Waals surface area contributed by atoms with E-state index in [2.05, 4.69) is 15.4 Å². The van der Waals surface area contributed by atoms with Crippen LogP contribution in [-0.2, 0) is 0 Å². The predicted molar refractivity (Wildman–Crippen MR) is 77.9 cm³/mol.